The van der Waals surface area contributed by atoms with Gasteiger partial charge in [0.2, 0.25) is 10.0 Å². The molecule has 19 heavy (non-hydrogen) atoms. The van der Waals surface area contributed by atoms with Gasteiger partial charge in [-0.1, -0.05) is 0 Å². The SMILES string of the molecule is CNS(=O)(=O)c1ccc(N2CCC[C@H]2C(=O)O)nc1. The lowest BCUT2D eigenvalue weighted by Gasteiger charge is -2.22. The Kier molecular flexibility index (Phi) is 3.72. The fourth-order valence-corrected chi connectivity index (χ4v) is 2.79. The van der Waals surface area contributed by atoms with Crippen molar-refractivity contribution in [2.24, 2.45) is 0 Å². The largest absolute Gasteiger partial charge is 0.480 e. The molecule has 2 rings (SSSR count). The van der Waals surface area contributed by atoms with Crippen LogP contribution in [0.25, 0.3) is 0 Å². The number of hydrogen-bond acceptors (Lipinski definition) is 5. The van der Waals surface area contributed by atoms with E-state index in [-0.39, 0.29) is 4.90 Å². The van der Waals surface area contributed by atoms with Crippen LogP contribution in [0.4, 0.5) is 5.82 Å². The van der Waals surface area contributed by atoms with Crippen LogP contribution in [0.2, 0.25) is 0 Å². The van der Waals surface area contributed by atoms with Crippen molar-refractivity contribution in [1.82, 2.24) is 9.71 Å². The number of nitrogens with one attached hydrogen (secondary N) is 1. The summed E-state index contributed by atoms with van der Waals surface area (Å²) in [4.78, 5) is 16.9. The standard InChI is InChI=1S/C11H15N3O4S/c1-12-19(17,18)8-4-5-10(13-7-8)14-6-2-3-9(14)11(15)16/h4-5,7,9,12H,2-3,6H2,1H3,(H,15,16)/t9-/m0/s1. The summed E-state index contributed by atoms with van der Waals surface area (Å²) in [5, 5.41) is 9.09. The van der Waals surface area contributed by atoms with E-state index in [0.29, 0.717) is 18.8 Å². The van der Waals surface area contributed by atoms with Crippen molar-refractivity contribution >= 4 is 21.8 Å². The van der Waals surface area contributed by atoms with Gasteiger partial charge in [-0.3, -0.25) is 0 Å². The maximum absolute atomic E-state index is 11.5. The average Bonchev–Trinajstić information content (AvgIpc) is 2.88. The molecule has 0 radical (unpaired) electrons. The molecule has 1 aliphatic heterocycles. The minimum Gasteiger partial charge on any atom is -0.480 e. The van der Waals surface area contributed by atoms with E-state index in [4.69, 9.17) is 5.11 Å². The summed E-state index contributed by atoms with van der Waals surface area (Å²) in [6.07, 6.45) is 2.60. The number of pyridine rings is 1. The highest BCUT2D eigenvalue weighted by molar-refractivity contribution is 7.89. The molecule has 0 unspecified atom stereocenters. The number of nitrogens with zero attached hydrogens (tertiary/aromatic N) is 2. The number of aromatic nitrogens is 1. The Morgan fingerprint density at radius 2 is 2.26 bits per heavy atom. The van der Waals surface area contributed by atoms with Crippen LogP contribution in [0.5, 0.6) is 0 Å². The predicted octanol–water partition coefficient (Wildman–Crippen LogP) is 0.0431. The molecule has 0 spiro atoms. The first-order valence-electron chi connectivity index (χ1n) is 5.85. The number of hydrogen-bond donors (Lipinski definition) is 2. The molecule has 2 N–H and O–H groups in total. The summed E-state index contributed by atoms with van der Waals surface area (Å²) in [6, 6.07) is 2.37. The zero-order chi connectivity index (χ0) is 14.0. The smallest absolute Gasteiger partial charge is 0.326 e. The van der Waals surface area contributed by atoms with Crippen molar-refractivity contribution < 1.29 is 18.3 Å². The molecule has 0 aliphatic carbocycles. The third-order valence-corrected chi connectivity index (χ3v) is 4.53. The summed E-state index contributed by atoms with van der Waals surface area (Å²) in [7, 11) is -2.19. The van der Waals surface area contributed by atoms with Gasteiger partial charge in [0.15, 0.2) is 0 Å². The van der Waals surface area contributed by atoms with Crippen LogP contribution >= 0.6 is 0 Å². The van der Waals surface area contributed by atoms with Gasteiger partial charge in [0.1, 0.15) is 16.8 Å². The Labute approximate surface area is 111 Å². The summed E-state index contributed by atoms with van der Waals surface area (Å²) in [6.45, 7) is 0.613. The fourth-order valence-electron chi connectivity index (χ4n) is 2.12. The Hall–Kier alpha value is -1.67. The van der Waals surface area contributed by atoms with Crippen molar-refractivity contribution in [1.29, 1.82) is 0 Å². The summed E-state index contributed by atoms with van der Waals surface area (Å²) >= 11 is 0. The minimum absolute atomic E-state index is 0.0600. The average molecular weight is 285 g/mol. The maximum atomic E-state index is 11.5. The Morgan fingerprint density at radius 3 is 2.79 bits per heavy atom. The summed E-state index contributed by atoms with van der Waals surface area (Å²) in [5.41, 5.74) is 0. The third-order valence-electron chi connectivity index (χ3n) is 3.13. The molecular weight excluding hydrogens is 270 g/mol. The molecule has 1 fully saturated rings. The molecule has 7 nitrogen and oxygen atoms in total. The first kappa shape index (κ1) is 13.8. The van der Waals surface area contributed by atoms with Crippen LogP contribution in [0.1, 0.15) is 12.8 Å². The molecule has 0 amide bonds. The monoisotopic (exact) mass is 285 g/mol. The molecule has 1 aromatic rings. The van der Waals surface area contributed by atoms with Crippen LogP contribution < -0.4 is 9.62 Å². The number of anilines is 1. The van der Waals surface area contributed by atoms with Gasteiger partial charge in [0.25, 0.3) is 0 Å². The molecule has 0 bridgehead atoms. The molecule has 8 heteroatoms. The number of carboxylic acid groups (broad SMARTS) is 1. The van der Waals surface area contributed by atoms with E-state index < -0.39 is 22.0 Å². The van der Waals surface area contributed by atoms with E-state index in [9.17, 15) is 13.2 Å². The van der Waals surface area contributed by atoms with Gasteiger partial charge in [-0.05, 0) is 32.0 Å². The normalized spacial score (nSPS) is 19.6. The van der Waals surface area contributed by atoms with Crippen molar-refractivity contribution in [2.75, 3.05) is 18.5 Å². The summed E-state index contributed by atoms with van der Waals surface area (Å²) in [5.74, 6) is -0.397. The molecule has 1 aromatic heterocycles. The second kappa shape index (κ2) is 5.14. The zero-order valence-corrected chi connectivity index (χ0v) is 11.2. The van der Waals surface area contributed by atoms with Gasteiger partial charge >= 0.3 is 5.97 Å². The van der Waals surface area contributed by atoms with Crippen LogP contribution in [0, 0.1) is 0 Å². The molecule has 1 aliphatic rings. The highest BCUT2D eigenvalue weighted by atomic mass is 32.2. The van der Waals surface area contributed by atoms with Crippen LogP contribution in [-0.4, -0.2) is 44.1 Å². The molecular formula is C11H15N3O4S. The third kappa shape index (κ3) is 2.69. The van der Waals surface area contributed by atoms with Gasteiger partial charge in [0, 0.05) is 12.7 Å². The predicted molar refractivity (Wildman–Crippen MR) is 68.5 cm³/mol. The second-order valence-electron chi connectivity index (χ2n) is 4.25. The summed E-state index contributed by atoms with van der Waals surface area (Å²) < 4.78 is 25.3. The van der Waals surface area contributed by atoms with Gasteiger partial charge in [-0.15, -0.1) is 0 Å². The number of carbonyl (C=O) groups is 1. The molecule has 1 atom stereocenters. The number of aliphatic carboxylic acids is 1. The highest BCUT2D eigenvalue weighted by Gasteiger charge is 2.31. The molecule has 104 valence electrons. The Morgan fingerprint density at radius 1 is 1.53 bits per heavy atom. The minimum atomic E-state index is -3.52. The van der Waals surface area contributed by atoms with Gasteiger partial charge in [-0.2, -0.15) is 0 Å². The number of sulfonamides is 1. The van der Waals surface area contributed by atoms with E-state index in [1.165, 1.54) is 25.4 Å². The van der Waals surface area contributed by atoms with Crippen LogP contribution in [0.15, 0.2) is 23.2 Å². The lowest BCUT2D eigenvalue weighted by atomic mass is 10.2. The first-order valence-corrected chi connectivity index (χ1v) is 7.33. The quantitative estimate of drug-likeness (QED) is 0.810. The second-order valence-corrected chi connectivity index (χ2v) is 6.14. The lowest BCUT2D eigenvalue weighted by Crippen LogP contribution is -2.36. The topological polar surface area (TPSA) is 99.6 Å². The maximum Gasteiger partial charge on any atom is 0.326 e. The number of carboxylic acids is 1. The van der Waals surface area contributed by atoms with Crippen LogP contribution in [-0.2, 0) is 14.8 Å². The Bertz CT molecular complexity index is 570. The van der Waals surface area contributed by atoms with Crippen molar-refractivity contribution in [3.8, 4) is 0 Å². The molecule has 0 saturated carbocycles. The fraction of sp³-hybridized carbons (Fsp3) is 0.455. The first-order chi connectivity index (χ1) is 8.95. The van der Waals surface area contributed by atoms with E-state index in [0.717, 1.165) is 6.42 Å². The van der Waals surface area contributed by atoms with Crippen LogP contribution in [0.3, 0.4) is 0 Å². The zero-order valence-electron chi connectivity index (χ0n) is 10.4. The van der Waals surface area contributed by atoms with Crippen molar-refractivity contribution in [3.63, 3.8) is 0 Å². The van der Waals surface area contributed by atoms with E-state index >= 15 is 0 Å². The molecule has 0 aromatic carbocycles. The molecule has 2 heterocycles. The highest BCUT2D eigenvalue weighted by Crippen LogP contribution is 2.24. The van der Waals surface area contributed by atoms with Crippen molar-refractivity contribution in [2.45, 2.75) is 23.8 Å². The number of rotatable bonds is 4. The Balaban J connectivity index is 2.26. The van der Waals surface area contributed by atoms with E-state index in [1.54, 1.807) is 4.90 Å². The van der Waals surface area contributed by atoms with E-state index in [1.807, 2.05) is 0 Å². The molecule has 1 saturated heterocycles. The van der Waals surface area contributed by atoms with Gasteiger partial charge < -0.3 is 10.0 Å². The van der Waals surface area contributed by atoms with Crippen molar-refractivity contribution in [3.05, 3.63) is 18.3 Å². The lowest BCUT2D eigenvalue weighted by molar-refractivity contribution is -0.138. The van der Waals surface area contributed by atoms with Gasteiger partial charge in [-0.25, -0.2) is 22.9 Å². The van der Waals surface area contributed by atoms with Gasteiger partial charge in [0.05, 0.1) is 0 Å². The van der Waals surface area contributed by atoms with E-state index in [2.05, 4.69) is 9.71 Å².